The first-order chi connectivity index (χ1) is 7.66. The molecule has 4 nitrogen and oxygen atoms in total. The molecule has 0 atom stereocenters. The molecule has 0 aliphatic rings. The van der Waals surface area contributed by atoms with E-state index in [2.05, 4.69) is 4.98 Å². The van der Waals surface area contributed by atoms with E-state index < -0.39 is 11.8 Å². The molecule has 1 aromatic carbocycles. The summed E-state index contributed by atoms with van der Waals surface area (Å²) in [6.07, 6.45) is 1.56. The minimum absolute atomic E-state index is 0.0954. The van der Waals surface area contributed by atoms with Crippen LogP contribution < -0.4 is 0 Å². The third-order valence-electron chi connectivity index (χ3n) is 2.27. The van der Waals surface area contributed by atoms with Crippen molar-refractivity contribution in [1.29, 1.82) is 0 Å². The van der Waals surface area contributed by atoms with Gasteiger partial charge >= 0.3 is 5.97 Å². The number of carbonyl (C=O) groups is 2. The number of carboxylic acid groups (broad SMARTS) is 1. The lowest BCUT2D eigenvalue weighted by molar-refractivity contribution is -0.148. The molecule has 0 saturated carbocycles. The van der Waals surface area contributed by atoms with Crippen molar-refractivity contribution >= 4 is 22.7 Å². The highest BCUT2D eigenvalue weighted by molar-refractivity contribution is 6.33. The van der Waals surface area contributed by atoms with Crippen molar-refractivity contribution in [1.82, 2.24) is 4.98 Å². The van der Waals surface area contributed by atoms with Gasteiger partial charge in [-0.2, -0.15) is 0 Å². The van der Waals surface area contributed by atoms with Gasteiger partial charge in [-0.15, -0.1) is 0 Å². The monoisotopic (exact) mass is 215 g/mol. The van der Waals surface area contributed by atoms with E-state index in [1.54, 1.807) is 18.3 Å². The first-order valence-corrected chi connectivity index (χ1v) is 4.76. The molecule has 0 unspecified atom stereocenters. The Balaban J connectivity index is 2.33. The Hall–Kier alpha value is -2.23. The Morgan fingerprint density at radius 3 is 2.81 bits per heavy atom. The summed E-state index contributed by atoms with van der Waals surface area (Å²) in [5, 5.41) is 9.46. The molecule has 80 valence electrons. The van der Waals surface area contributed by atoms with Crippen LogP contribution in [-0.2, 0) is 16.0 Å². The quantitative estimate of drug-likeness (QED) is 0.786. The van der Waals surface area contributed by atoms with Crippen LogP contribution in [0.3, 0.4) is 0 Å². The van der Waals surface area contributed by atoms with Gasteiger partial charge < -0.3 is 5.11 Å². The molecule has 0 aliphatic heterocycles. The van der Waals surface area contributed by atoms with E-state index in [9.17, 15) is 9.59 Å². The van der Waals surface area contributed by atoms with Crippen LogP contribution in [0.15, 0.2) is 36.5 Å². The molecule has 0 fully saturated rings. The molecule has 2 aromatic rings. The van der Waals surface area contributed by atoms with Gasteiger partial charge in [0.25, 0.3) is 0 Å². The normalized spacial score (nSPS) is 10.2. The van der Waals surface area contributed by atoms with Crippen molar-refractivity contribution in [3.05, 3.63) is 42.1 Å². The maximum atomic E-state index is 11.0. The molecule has 2 rings (SSSR count). The number of aliphatic carboxylic acids is 1. The lowest BCUT2D eigenvalue weighted by atomic mass is 10.1. The number of Topliss-reactive ketones (excluding diaryl/α,β-unsaturated/α-hetero) is 1. The van der Waals surface area contributed by atoms with E-state index in [1.807, 2.05) is 18.2 Å². The third kappa shape index (κ3) is 2.06. The highest BCUT2D eigenvalue weighted by Gasteiger charge is 2.12. The van der Waals surface area contributed by atoms with E-state index in [1.165, 1.54) is 0 Å². The lowest BCUT2D eigenvalue weighted by Crippen LogP contribution is -2.14. The Morgan fingerprint density at radius 2 is 2.06 bits per heavy atom. The van der Waals surface area contributed by atoms with Crippen molar-refractivity contribution in [2.75, 3.05) is 0 Å². The zero-order chi connectivity index (χ0) is 11.5. The van der Waals surface area contributed by atoms with Crippen molar-refractivity contribution < 1.29 is 14.7 Å². The molecular formula is C12H9NO3. The van der Waals surface area contributed by atoms with Gasteiger partial charge in [-0.05, 0) is 17.7 Å². The first-order valence-electron chi connectivity index (χ1n) is 4.76. The van der Waals surface area contributed by atoms with Crippen LogP contribution in [0.1, 0.15) is 5.56 Å². The minimum atomic E-state index is -1.40. The minimum Gasteiger partial charge on any atom is -0.475 e. The largest absolute Gasteiger partial charge is 0.475 e. The van der Waals surface area contributed by atoms with Gasteiger partial charge in [0.2, 0.25) is 5.78 Å². The van der Waals surface area contributed by atoms with E-state index in [0.717, 1.165) is 10.9 Å². The third-order valence-corrected chi connectivity index (χ3v) is 2.27. The number of aromatic nitrogens is 1. The second-order valence-electron chi connectivity index (χ2n) is 3.44. The van der Waals surface area contributed by atoms with Gasteiger partial charge in [-0.3, -0.25) is 9.78 Å². The van der Waals surface area contributed by atoms with Gasteiger partial charge in [0.1, 0.15) is 0 Å². The molecule has 0 amide bonds. The summed E-state index contributed by atoms with van der Waals surface area (Å²) in [6.45, 7) is 0. The summed E-state index contributed by atoms with van der Waals surface area (Å²) in [5.74, 6) is -2.21. The molecule has 1 heterocycles. The van der Waals surface area contributed by atoms with Crippen molar-refractivity contribution in [3.8, 4) is 0 Å². The summed E-state index contributed by atoms with van der Waals surface area (Å²) < 4.78 is 0. The van der Waals surface area contributed by atoms with E-state index in [0.29, 0.717) is 5.56 Å². The van der Waals surface area contributed by atoms with Crippen LogP contribution in [0.5, 0.6) is 0 Å². The smallest absolute Gasteiger partial charge is 0.372 e. The zero-order valence-electron chi connectivity index (χ0n) is 8.38. The van der Waals surface area contributed by atoms with E-state index in [4.69, 9.17) is 5.11 Å². The summed E-state index contributed by atoms with van der Waals surface area (Å²) in [6, 6.07) is 9.03. The number of fused-ring (bicyclic) bond motifs is 1. The standard InChI is InChI=1S/C12H9NO3/c14-11(12(15)16)7-8-3-4-9-2-1-5-13-10(9)6-8/h1-6H,7H2,(H,15,16). The summed E-state index contributed by atoms with van der Waals surface area (Å²) in [7, 11) is 0. The van der Waals surface area contributed by atoms with Crippen LogP contribution in [0.4, 0.5) is 0 Å². The summed E-state index contributed by atoms with van der Waals surface area (Å²) in [4.78, 5) is 25.6. The predicted octanol–water partition coefficient (Wildman–Crippen LogP) is 1.43. The zero-order valence-corrected chi connectivity index (χ0v) is 8.38. The van der Waals surface area contributed by atoms with Crippen LogP contribution in [-0.4, -0.2) is 21.8 Å². The second-order valence-corrected chi connectivity index (χ2v) is 3.44. The summed E-state index contributed by atoms with van der Waals surface area (Å²) >= 11 is 0. The fourth-order valence-corrected chi connectivity index (χ4v) is 1.48. The highest BCUT2D eigenvalue weighted by atomic mass is 16.4. The van der Waals surface area contributed by atoms with Gasteiger partial charge in [-0.25, -0.2) is 4.79 Å². The maximum Gasteiger partial charge on any atom is 0.372 e. The molecular weight excluding hydrogens is 206 g/mol. The maximum absolute atomic E-state index is 11.0. The molecule has 4 heteroatoms. The topological polar surface area (TPSA) is 67.3 Å². The number of rotatable bonds is 3. The van der Waals surface area contributed by atoms with Gasteiger partial charge in [0, 0.05) is 18.0 Å². The van der Waals surface area contributed by atoms with Crippen molar-refractivity contribution in [2.24, 2.45) is 0 Å². The number of hydrogen-bond acceptors (Lipinski definition) is 3. The van der Waals surface area contributed by atoms with Crippen LogP contribution in [0.2, 0.25) is 0 Å². The van der Waals surface area contributed by atoms with Crippen LogP contribution >= 0.6 is 0 Å². The Morgan fingerprint density at radius 1 is 1.25 bits per heavy atom. The molecule has 16 heavy (non-hydrogen) atoms. The molecule has 1 aromatic heterocycles. The predicted molar refractivity (Wildman–Crippen MR) is 58.1 cm³/mol. The van der Waals surface area contributed by atoms with Gasteiger partial charge in [0.15, 0.2) is 0 Å². The average molecular weight is 215 g/mol. The van der Waals surface area contributed by atoms with Crippen LogP contribution in [0, 0.1) is 0 Å². The number of benzene rings is 1. The number of hydrogen-bond donors (Lipinski definition) is 1. The highest BCUT2D eigenvalue weighted by Crippen LogP contribution is 2.13. The fourth-order valence-electron chi connectivity index (χ4n) is 1.48. The number of pyridine rings is 1. The number of carbonyl (C=O) groups excluding carboxylic acids is 1. The Labute approximate surface area is 91.5 Å². The number of carboxylic acids is 1. The first kappa shape index (κ1) is 10.3. The average Bonchev–Trinajstić information content (AvgIpc) is 2.28. The van der Waals surface area contributed by atoms with Crippen LogP contribution in [0.25, 0.3) is 10.9 Å². The Kier molecular flexibility index (Phi) is 2.64. The molecule has 0 aliphatic carbocycles. The van der Waals surface area contributed by atoms with Gasteiger partial charge in [-0.1, -0.05) is 18.2 Å². The summed E-state index contributed by atoms with van der Waals surface area (Å²) in [5.41, 5.74) is 1.43. The number of ketones is 1. The van der Waals surface area contributed by atoms with Crippen molar-refractivity contribution in [3.63, 3.8) is 0 Å². The number of nitrogens with zero attached hydrogens (tertiary/aromatic N) is 1. The second kappa shape index (κ2) is 4.10. The van der Waals surface area contributed by atoms with E-state index >= 15 is 0 Å². The molecule has 0 bridgehead atoms. The fraction of sp³-hybridized carbons (Fsp3) is 0.0833. The molecule has 1 N–H and O–H groups in total. The lowest BCUT2D eigenvalue weighted by Gasteiger charge is -2.00. The molecule has 0 spiro atoms. The Bertz CT molecular complexity index is 563. The van der Waals surface area contributed by atoms with Gasteiger partial charge in [0.05, 0.1) is 5.52 Å². The molecule has 0 radical (unpaired) electrons. The molecule has 0 saturated heterocycles. The SMILES string of the molecule is O=C(O)C(=O)Cc1ccc2cccnc2c1. The van der Waals surface area contributed by atoms with Crippen molar-refractivity contribution in [2.45, 2.75) is 6.42 Å². The van der Waals surface area contributed by atoms with E-state index in [-0.39, 0.29) is 6.42 Å².